The number of ketones is 1. The zero-order valence-corrected chi connectivity index (χ0v) is 16.2. The quantitative estimate of drug-likeness (QED) is 0.708. The summed E-state index contributed by atoms with van der Waals surface area (Å²) < 4.78 is 15.2. The average molecular weight is 392 g/mol. The molecule has 29 heavy (non-hydrogen) atoms. The van der Waals surface area contributed by atoms with E-state index in [-0.39, 0.29) is 30.1 Å². The fourth-order valence-corrected chi connectivity index (χ4v) is 3.99. The molecular formula is C23H21FN2O3. The minimum atomic E-state index is -0.703. The molecule has 2 aromatic carbocycles. The average Bonchev–Trinajstić information content (AvgIpc) is 3.18. The summed E-state index contributed by atoms with van der Waals surface area (Å²) in [5, 5.41) is 11.5. The van der Waals surface area contributed by atoms with E-state index in [2.05, 4.69) is 0 Å². The van der Waals surface area contributed by atoms with E-state index in [0.717, 1.165) is 16.5 Å². The molecule has 0 bridgehead atoms. The van der Waals surface area contributed by atoms with Crippen molar-refractivity contribution in [2.45, 2.75) is 25.9 Å². The Balaban J connectivity index is 1.87. The van der Waals surface area contributed by atoms with Gasteiger partial charge in [0.15, 0.2) is 11.5 Å². The van der Waals surface area contributed by atoms with Gasteiger partial charge in [0.2, 0.25) is 0 Å². The van der Waals surface area contributed by atoms with Crippen molar-refractivity contribution in [1.29, 1.82) is 0 Å². The highest BCUT2D eigenvalue weighted by Gasteiger charge is 2.43. The van der Waals surface area contributed by atoms with Crippen molar-refractivity contribution in [2.24, 2.45) is 7.05 Å². The van der Waals surface area contributed by atoms with Crippen LogP contribution in [0.25, 0.3) is 10.9 Å². The lowest BCUT2D eigenvalue weighted by atomic mass is 9.94. The number of halogens is 1. The second-order valence-electron chi connectivity index (χ2n) is 7.21. The number of nitrogens with zero attached hydrogens (tertiary/aromatic N) is 2. The zero-order chi connectivity index (χ0) is 20.7. The van der Waals surface area contributed by atoms with E-state index in [1.54, 1.807) is 19.1 Å². The third-order valence-electron chi connectivity index (χ3n) is 5.41. The Hall–Kier alpha value is -3.41. The molecule has 148 valence electrons. The molecule has 1 amide bonds. The molecule has 1 unspecified atom stereocenters. The number of benzene rings is 2. The molecule has 0 fully saturated rings. The van der Waals surface area contributed by atoms with E-state index in [1.165, 1.54) is 17.0 Å². The maximum absolute atomic E-state index is 13.3. The number of aliphatic hydroxyl groups excluding tert-OH is 1. The van der Waals surface area contributed by atoms with Crippen LogP contribution in [0.5, 0.6) is 0 Å². The summed E-state index contributed by atoms with van der Waals surface area (Å²) in [6.45, 7) is 1.85. The van der Waals surface area contributed by atoms with Gasteiger partial charge in [0.1, 0.15) is 5.82 Å². The van der Waals surface area contributed by atoms with Crippen molar-refractivity contribution < 1.29 is 19.1 Å². The molecule has 0 spiro atoms. The summed E-state index contributed by atoms with van der Waals surface area (Å²) in [7, 11) is 1.90. The maximum Gasteiger partial charge on any atom is 0.290 e. The Morgan fingerprint density at radius 3 is 2.52 bits per heavy atom. The minimum absolute atomic E-state index is 0.121. The van der Waals surface area contributed by atoms with E-state index in [0.29, 0.717) is 5.56 Å². The van der Waals surface area contributed by atoms with Gasteiger partial charge in [0.25, 0.3) is 5.91 Å². The first-order chi connectivity index (χ1) is 13.9. The number of aryl methyl sites for hydroxylation is 1. The first-order valence-corrected chi connectivity index (χ1v) is 9.48. The number of aliphatic hydroxyl groups is 1. The minimum Gasteiger partial charge on any atom is -0.503 e. The Bertz CT molecular complexity index is 1140. The molecule has 0 saturated carbocycles. The zero-order valence-electron chi connectivity index (χ0n) is 16.2. The standard InChI is InChI=1S/C23H21FN2O3/c1-3-19(27)20-21(17-13-25(2)18-7-5-4-6-16(17)18)26(23(29)22(20)28)12-14-8-10-15(24)11-9-14/h4-11,13,21,28H,3,12H2,1-2H3. The van der Waals surface area contributed by atoms with Crippen molar-refractivity contribution in [3.05, 3.63) is 83.0 Å². The van der Waals surface area contributed by atoms with Gasteiger partial charge in [-0.1, -0.05) is 37.3 Å². The highest BCUT2D eigenvalue weighted by molar-refractivity contribution is 6.09. The molecule has 6 heteroatoms. The SMILES string of the molecule is CCC(=O)C1=C(O)C(=O)N(Cc2ccc(F)cc2)C1c1cn(C)c2ccccc12. The summed E-state index contributed by atoms with van der Waals surface area (Å²) in [5.41, 5.74) is 2.57. The molecular weight excluding hydrogens is 371 g/mol. The molecule has 1 atom stereocenters. The Morgan fingerprint density at radius 1 is 1.14 bits per heavy atom. The van der Waals surface area contributed by atoms with Crippen LogP contribution in [0, 0.1) is 5.82 Å². The smallest absolute Gasteiger partial charge is 0.290 e. The summed E-state index contributed by atoms with van der Waals surface area (Å²) in [4.78, 5) is 27.1. The number of carbonyl (C=O) groups excluding carboxylic acids is 2. The van der Waals surface area contributed by atoms with E-state index in [4.69, 9.17) is 0 Å². The molecule has 0 aliphatic carbocycles. The Morgan fingerprint density at radius 2 is 1.83 bits per heavy atom. The molecule has 0 radical (unpaired) electrons. The maximum atomic E-state index is 13.3. The van der Waals surface area contributed by atoms with Crippen LogP contribution in [-0.4, -0.2) is 26.3 Å². The third-order valence-corrected chi connectivity index (χ3v) is 5.41. The van der Waals surface area contributed by atoms with E-state index < -0.39 is 17.7 Å². The first kappa shape index (κ1) is 18.9. The summed E-state index contributed by atoms with van der Waals surface area (Å²) >= 11 is 0. The van der Waals surface area contributed by atoms with Crippen molar-refractivity contribution in [2.75, 3.05) is 0 Å². The van der Waals surface area contributed by atoms with Crippen molar-refractivity contribution >= 4 is 22.6 Å². The predicted molar refractivity (Wildman–Crippen MR) is 108 cm³/mol. The number of hydrogen-bond donors (Lipinski definition) is 1. The highest BCUT2D eigenvalue weighted by atomic mass is 19.1. The normalized spacial score (nSPS) is 16.9. The monoisotopic (exact) mass is 392 g/mol. The fraction of sp³-hybridized carbons (Fsp3) is 0.217. The number of fused-ring (bicyclic) bond motifs is 1. The van der Waals surface area contributed by atoms with Crippen LogP contribution < -0.4 is 0 Å². The molecule has 2 heterocycles. The van der Waals surface area contributed by atoms with Gasteiger partial charge in [0, 0.05) is 42.7 Å². The van der Waals surface area contributed by atoms with Gasteiger partial charge in [-0.05, 0) is 23.8 Å². The van der Waals surface area contributed by atoms with Gasteiger partial charge in [-0.3, -0.25) is 9.59 Å². The fourth-order valence-electron chi connectivity index (χ4n) is 3.99. The topological polar surface area (TPSA) is 62.5 Å². The van der Waals surface area contributed by atoms with Gasteiger partial charge >= 0.3 is 0 Å². The van der Waals surface area contributed by atoms with Crippen LogP contribution in [-0.2, 0) is 23.2 Å². The number of hydrogen-bond acceptors (Lipinski definition) is 3. The third kappa shape index (κ3) is 3.10. The van der Waals surface area contributed by atoms with Gasteiger partial charge in [-0.15, -0.1) is 0 Å². The first-order valence-electron chi connectivity index (χ1n) is 9.48. The molecule has 5 nitrogen and oxygen atoms in total. The molecule has 3 aromatic rings. The van der Waals surface area contributed by atoms with E-state index in [1.807, 2.05) is 42.1 Å². The van der Waals surface area contributed by atoms with Crippen molar-refractivity contribution in [3.8, 4) is 0 Å². The molecule has 1 N–H and O–H groups in total. The molecule has 1 aliphatic heterocycles. The lowest BCUT2D eigenvalue weighted by molar-refractivity contribution is -0.130. The van der Waals surface area contributed by atoms with Crippen LogP contribution >= 0.6 is 0 Å². The number of para-hydroxylation sites is 1. The lowest BCUT2D eigenvalue weighted by Crippen LogP contribution is -2.30. The number of rotatable bonds is 5. The largest absolute Gasteiger partial charge is 0.503 e. The molecule has 0 saturated heterocycles. The summed E-state index contributed by atoms with van der Waals surface area (Å²) in [5.74, 6) is -1.73. The molecule has 1 aromatic heterocycles. The van der Waals surface area contributed by atoms with Crippen molar-refractivity contribution in [3.63, 3.8) is 0 Å². The molecule has 1 aliphatic rings. The van der Waals surface area contributed by atoms with E-state index in [9.17, 15) is 19.1 Å². The van der Waals surface area contributed by atoms with Gasteiger partial charge in [0.05, 0.1) is 11.6 Å². The van der Waals surface area contributed by atoms with Crippen LogP contribution in [0.4, 0.5) is 4.39 Å². The second-order valence-corrected chi connectivity index (χ2v) is 7.21. The highest BCUT2D eigenvalue weighted by Crippen LogP contribution is 2.42. The number of amides is 1. The van der Waals surface area contributed by atoms with Gasteiger partial charge in [-0.25, -0.2) is 4.39 Å². The van der Waals surface area contributed by atoms with Gasteiger partial charge < -0.3 is 14.6 Å². The van der Waals surface area contributed by atoms with Crippen LogP contribution in [0.3, 0.4) is 0 Å². The summed E-state index contributed by atoms with van der Waals surface area (Å²) in [6.07, 6.45) is 2.07. The Labute approximate surface area is 167 Å². The van der Waals surface area contributed by atoms with Gasteiger partial charge in [-0.2, -0.15) is 0 Å². The van der Waals surface area contributed by atoms with E-state index >= 15 is 0 Å². The number of aromatic nitrogens is 1. The van der Waals surface area contributed by atoms with Crippen molar-refractivity contribution in [1.82, 2.24) is 9.47 Å². The lowest BCUT2D eigenvalue weighted by Gasteiger charge is -2.26. The number of Topliss-reactive ketones (excluding diaryl/α,β-unsaturated/α-hetero) is 1. The molecule has 4 rings (SSSR count). The second kappa shape index (κ2) is 7.20. The van der Waals surface area contributed by atoms with Crippen LogP contribution in [0.15, 0.2) is 66.1 Å². The predicted octanol–water partition coefficient (Wildman–Crippen LogP) is 4.19. The Kier molecular flexibility index (Phi) is 4.70. The number of carbonyl (C=O) groups is 2. The van der Waals surface area contributed by atoms with Crippen LogP contribution in [0.2, 0.25) is 0 Å². The van der Waals surface area contributed by atoms with Crippen LogP contribution in [0.1, 0.15) is 30.5 Å². The summed E-state index contributed by atoms with van der Waals surface area (Å²) in [6, 6.07) is 12.9.